The minimum absolute atomic E-state index is 0.0936. The Kier molecular flexibility index (Phi) is 3.50. The smallest absolute Gasteiger partial charge is 0.130 e. The highest BCUT2D eigenvalue weighted by molar-refractivity contribution is 6.32. The number of hydrogen-bond acceptors (Lipinski definition) is 2. The molecule has 0 spiro atoms. The zero-order valence-corrected chi connectivity index (χ0v) is 9.26. The second-order valence-corrected chi connectivity index (χ2v) is 3.63. The number of benzene rings is 1. The molecule has 0 aliphatic heterocycles. The maximum absolute atomic E-state index is 8.61. The Morgan fingerprint density at radius 2 is 1.67 bits per heavy atom. The highest BCUT2D eigenvalue weighted by Crippen LogP contribution is 2.22. The molecule has 0 N–H and O–H groups in total. The van der Waals surface area contributed by atoms with Crippen molar-refractivity contribution in [1.82, 2.24) is 0 Å². The van der Waals surface area contributed by atoms with Crippen LogP contribution in [-0.4, -0.2) is 0 Å². The largest absolute Gasteiger partial charge is 0.192 e. The summed E-state index contributed by atoms with van der Waals surface area (Å²) < 4.78 is 0. The minimum Gasteiger partial charge on any atom is -0.192 e. The SMILES string of the molecule is Cc1cc(C=C(C#N)C#N)cc(C)c1Cl. The molecule has 15 heavy (non-hydrogen) atoms. The van der Waals surface area contributed by atoms with Crippen LogP contribution in [0.5, 0.6) is 0 Å². The summed E-state index contributed by atoms with van der Waals surface area (Å²) in [5.74, 6) is 0. The Morgan fingerprint density at radius 1 is 1.20 bits per heavy atom. The molecule has 3 heteroatoms. The predicted octanol–water partition coefficient (Wildman–Crippen LogP) is 3.39. The molecule has 1 aromatic carbocycles. The van der Waals surface area contributed by atoms with Crippen LogP contribution in [0.25, 0.3) is 6.08 Å². The van der Waals surface area contributed by atoms with Gasteiger partial charge in [-0.25, -0.2) is 0 Å². The van der Waals surface area contributed by atoms with Crippen LogP contribution in [0.1, 0.15) is 16.7 Å². The lowest BCUT2D eigenvalue weighted by atomic mass is 10.1. The summed E-state index contributed by atoms with van der Waals surface area (Å²) in [5.41, 5.74) is 2.81. The monoisotopic (exact) mass is 216 g/mol. The van der Waals surface area contributed by atoms with E-state index in [9.17, 15) is 0 Å². The zero-order chi connectivity index (χ0) is 11.4. The molecule has 0 aliphatic carbocycles. The average molecular weight is 217 g/mol. The predicted molar refractivity (Wildman–Crippen MR) is 60.1 cm³/mol. The Morgan fingerprint density at radius 3 is 2.07 bits per heavy atom. The average Bonchev–Trinajstić information content (AvgIpc) is 2.22. The van der Waals surface area contributed by atoms with Gasteiger partial charge >= 0.3 is 0 Å². The molecule has 0 heterocycles. The van der Waals surface area contributed by atoms with E-state index in [0.717, 1.165) is 21.7 Å². The first kappa shape index (κ1) is 11.3. The van der Waals surface area contributed by atoms with Crippen molar-refractivity contribution in [3.8, 4) is 12.1 Å². The molecular formula is C12H9ClN2. The number of rotatable bonds is 1. The molecule has 1 rings (SSSR count). The summed E-state index contributed by atoms with van der Waals surface area (Å²) in [6.45, 7) is 3.79. The van der Waals surface area contributed by atoms with Crippen LogP contribution in [0.2, 0.25) is 5.02 Å². The van der Waals surface area contributed by atoms with E-state index >= 15 is 0 Å². The zero-order valence-electron chi connectivity index (χ0n) is 8.50. The number of allylic oxidation sites excluding steroid dienone is 1. The lowest BCUT2D eigenvalue weighted by Crippen LogP contribution is -1.84. The first-order chi connectivity index (χ1) is 7.08. The molecule has 0 saturated heterocycles. The van der Waals surface area contributed by atoms with Gasteiger partial charge in [0.2, 0.25) is 0 Å². The second kappa shape index (κ2) is 4.64. The van der Waals surface area contributed by atoms with Gasteiger partial charge in [0.1, 0.15) is 17.7 Å². The fourth-order valence-electron chi connectivity index (χ4n) is 1.32. The molecule has 0 fully saturated rings. The summed E-state index contributed by atoms with van der Waals surface area (Å²) in [7, 11) is 0. The van der Waals surface area contributed by atoms with E-state index in [1.54, 1.807) is 6.08 Å². The molecular weight excluding hydrogens is 208 g/mol. The van der Waals surface area contributed by atoms with E-state index in [-0.39, 0.29) is 5.57 Å². The Bertz CT molecular complexity index is 462. The van der Waals surface area contributed by atoms with Crippen LogP contribution in [0.15, 0.2) is 17.7 Å². The summed E-state index contributed by atoms with van der Waals surface area (Å²) in [6.07, 6.45) is 1.55. The van der Waals surface area contributed by atoms with Gasteiger partial charge in [-0.1, -0.05) is 23.7 Å². The maximum atomic E-state index is 8.61. The highest BCUT2D eigenvalue weighted by atomic mass is 35.5. The first-order valence-corrected chi connectivity index (χ1v) is 4.75. The summed E-state index contributed by atoms with van der Waals surface area (Å²) in [5, 5.41) is 18.0. The minimum atomic E-state index is 0.0936. The molecule has 0 unspecified atom stereocenters. The van der Waals surface area contributed by atoms with Gasteiger partial charge < -0.3 is 0 Å². The fourth-order valence-corrected chi connectivity index (χ4v) is 1.43. The number of aryl methyl sites for hydroxylation is 2. The first-order valence-electron chi connectivity index (χ1n) is 4.37. The molecule has 0 amide bonds. The van der Waals surface area contributed by atoms with E-state index in [1.165, 1.54) is 0 Å². The van der Waals surface area contributed by atoms with Gasteiger partial charge in [-0.3, -0.25) is 0 Å². The fraction of sp³-hybridized carbons (Fsp3) is 0.167. The van der Waals surface area contributed by atoms with Crippen molar-refractivity contribution in [2.75, 3.05) is 0 Å². The lowest BCUT2D eigenvalue weighted by Gasteiger charge is -2.03. The molecule has 0 radical (unpaired) electrons. The molecule has 0 saturated carbocycles. The molecule has 0 aliphatic rings. The van der Waals surface area contributed by atoms with Gasteiger partial charge in [-0.05, 0) is 36.6 Å². The molecule has 0 bridgehead atoms. The summed E-state index contributed by atoms with van der Waals surface area (Å²) in [4.78, 5) is 0. The van der Waals surface area contributed by atoms with Crippen molar-refractivity contribution in [2.24, 2.45) is 0 Å². The van der Waals surface area contributed by atoms with Crippen molar-refractivity contribution in [1.29, 1.82) is 10.5 Å². The van der Waals surface area contributed by atoms with Gasteiger partial charge in [0.25, 0.3) is 0 Å². The van der Waals surface area contributed by atoms with Crippen molar-refractivity contribution >= 4 is 17.7 Å². The van der Waals surface area contributed by atoms with Crippen molar-refractivity contribution in [3.05, 3.63) is 39.4 Å². The Hall–Kier alpha value is -1.77. The van der Waals surface area contributed by atoms with Crippen molar-refractivity contribution in [3.63, 3.8) is 0 Å². The van der Waals surface area contributed by atoms with E-state index < -0.39 is 0 Å². The molecule has 0 atom stereocenters. The Balaban J connectivity index is 3.26. The number of nitrogens with zero attached hydrogens (tertiary/aromatic N) is 2. The highest BCUT2D eigenvalue weighted by Gasteiger charge is 2.02. The standard InChI is InChI=1S/C12H9ClN2/c1-8-3-10(4-9(2)12(8)13)5-11(6-14)7-15/h3-5H,1-2H3. The number of nitriles is 2. The third-order valence-electron chi connectivity index (χ3n) is 2.01. The van der Waals surface area contributed by atoms with Gasteiger partial charge in [-0.2, -0.15) is 10.5 Å². The normalized spacial score (nSPS) is 8.87. The van der Waals surface area contributed by atoms with Gasteiger partial charge in [0, 0.05) is 5.02 Å². The maximum Gasteiger partial charge on any atom is 0.130 e. The molecule has 0 aromatic heterocycles. The Labute approximate surface area is 94.0 Å². The van der Waals surface area contributed by atoms with E-state index in [4.69, 9.17) is 22.1 Å². The van der Waals surface area contributed by atoms with E-state index in [2.05, 4.69) is 0 Å². The summed E-state index contributed by atoms with van der Waals surface area (Å²) >= 11 is 6.00. The van der Waals surface area contributed by atoms with Crippen LogP contribution in [-0.2, 0) is 0 Å². The van der Waals surface area contributed by atoms with Crippen LogP contribution in [0.3, 0.4) is 0 Å². The van der Waals surface area contributed by atoms with Gasteiger partial charge in [0.05, 0.1) is 0 Å². The molecule has 2 nitrogen and oxygen atoms in total. The van der Waals surface area contributed by atoms with Crippen LogP contribution in [0, 0.1) is 36.5 Å². The third-order valence-corrected chi connectivity index (χ3v) is 2.61. The molecule has 1 aromatic rings. The number of halogens is 1. The quantitative estimate of drug-likeness (QED) is 0.676. The molecule has 74 valence electrons. The van der Waals surface area contributed by atoms with Crippen LogP contribution < -0.4 is 0 Å². The second-order valence-electron chi connectivity index (χ2n) is 3.25. The van der Waals surface area contributed by atoms with Crippen LogP contribution >= 0.6 is 11.6 Å². The van der Waals surface area contributed by atoms with E-state index in [0.29, 0.717) is 0 Å². The number of hydrogen-bond donors (Lipinski definition) is 0. The van der Waals surface area contributed by atoms with Crippen molar-refractivity contribution < 1.29 is 0 Å². The van der Waals surface area contributed by atoms with E-state index in [1.807, 2.05) is 38.1 Å². The van der Waals surface area contributed by atoms with Crippen LogP contribution in [0.4, 0.5) is 0 Å². The summed E-state index contributed by atoms with van der Waals surface area (Å²) in [6, 6.07) is 7.34. The lowest BCUT2D eigenvalue weighted by molar-refractivity contribution is 1.37. The van der Waals surface area contributed by atoms with Gasteiger partial charge in [-0.15, -0.1) is 0 Å². The van der Waals surface area contributed by atoms with Crippen molar-refractivity contribution in [2.45, 2.75) is 13.8 Å². The topological polar surface area (TPSA) is 47.6 Å². The van der Waals surface area contributed by atoms with Gasteiger partial charge in [0.15, 0.2) is 0 Å². The third kappa shape index (κ3) is 2.59.